The summed E-state index contributed by atoms with van der Waals surface area (Å²) in [6.07, 6.45) is 2.21. The van der Waals surface area contributed by atoms with Crippen LogP contribution in [0.4, 0.5) is 0 Å². The quantitative estimate of drug-likeness (QED) is 0.747. The van der Waals surface area contributed by atoms with Crippen LogP contribution in [0.25, 0.3) is 4.96 Å². The van der Waals surface area contributed by atoms with Gasteiger partial charge in [0.2, 0.25) is 10.8 Å². The lowest BCUT2D eigenvalue weighted by atomic mass is 10.1. The van der Waals surface area contributed by atoms with Gasteiger partial charge in [0.1, 0.15) is 23.4 Å². The SMILES string of the molecule is CCCCN(C)C(c1ccc(C)o1)c1sc2nc(C)nn2c1O. The lowest BCUT2D eigenvalue weighted by molar-refractivity contribution is 0.240. The highest BCUT2D eigenvalue weighted by molar-refractivity contribution is 7.17. The largest absolute Gasteiger partial charge is 0.492 e. The van der Waals surface area contributed by atoms with Gasteiger partial charge in [0.25, 0.3) is 0 Å². The molecule has 0 fully saturated rings. The van der Waals surface area contributed by atoms with Crippen LogP contribution < -0.4 is 0 Å². The maximum absolute atomic E-state index is 10.6. The standard InChI is InChI=1S/C16H22N4O2S/c1-5-6-9-19(4)13(12-8-7-10(2)22-12)14-15(21)20-16(23-14)17-11(3)18-20/h7-8,13,21H,5-6,9H2,1-4H3. The second-order valence-corrected chi connectivity index (χ2v) is 6.84. The van der Waals surface area contributed by atoms with Crippen molar-refractivity contribution in [1.82, 2.24) is 19.5 Å². The van der Waals surface area contributed by atoms with Crippen LogP contribution in [0.3, 0.4) is 0 Å². The molecule has 0 aliphatic carbocycles. The smallest absolute Gasteiger partial charge is 0.230 e. The Morgan fingerprint density at radius 3 is 2.78 bits per heavy atom. The lowest BCUT2D eigenvalue weighted by Crippen LogP contribution is -2.26. The predicted octanol–water partition coefficient (Wildman–Crippen LogP) is 3.53. The molecule has 0 saturated heterocycles. The Kier molecular flexibility index (Phi) is 4.41. The van der Waals surface area contributed by atoms with Crippen molar-refractivity contribution < 1.29 is 9.52 Å². The van der Waals surface area contributed by atoms with Crippen LogP contribution in [-0.2, 0) is 0 Å². The second-order valence-electron chi connectivity index (χ2n) is 5.83. The molecule has 0 radical (unpaired) electrons. The van der Waals surface area contributed by atoms with E-state index in [9.17, 15) is 5.11 Å². The van der Waals surface area contributed by atoms with E-state index in [1.54, 1.807) is 0 Å². The zero-order valence-electron chi connectivity index (χ0n) is 13.9. The van der Waals surface area contributed by atoms with Crippen LogP contribution in [0.1, 0.15) is 48.0 Å². The number of thiazole rings is 1. The summed E-state index contributed by atoms with van der Waals surface area (Å²) in [6, 6.07) is 3.79. The molecule has 0 aromatic carbocycles. The number of aryl methyl sites for hydroxylation is 2. The van der Waals surface area contributed by atoms with Crippen LogP contribution in [0.15, 0.2) is 16.5 Å². The Hall–Kier alpha value is -1.86. The van der Waals surface area contributed by atoms with Crippen molar-refractivity contribution in [1.29, 1.82) is 0 Å². The molecule has 0 saturated carbocycles. The first-order valence-electron chi connectivity index (χ1n) is 7.82. The number of aromatic nitrogens is 3. The van der Waals surface area contributed by atoms with Gasteiger partial charge in [-0.05, 0) is 46.0 Å². The maximum Gasteiger partial charge on any atom is 0.230 e. The van der Waals surface area contributed by atoms with Gasteiger partial charge in [-0.15, -0.1) is 5.10 Å². The molecule has 1 atom stereocenters. The molecule has 0 spiro atoms. The summed E-state index contributed by atoms with van der Waals surface area (Å²) in [5, 5.41) is 14.9. The van der Waals surface area contributed by atoms with Gasteiger partial charge in [0.05, 0.1) is 4.88 Å². The molecule has 0 bridgehead atoms. The zero-order valence-corrected chi connectivity index (χ0v) is 14.7. The lowest BCUT2D eigenvalue weighted by Gasteiger charge is -2.25. The van der Waals surface area contributed by atoms with E-state index in [4.69, 9.17) is 4.42 Å². The highest BCUT2D eigenvalue weighted by Crippen LogP contribution is 2.39. The molecule has 3 aromatic heterocycles. The van der Waals surface area contributed by atoms with Crippen LogP contribution in [0.5, 0.6) is 5.88 Å². The number of aromatic hydroxyl groups is 1. The number of rotatable bonds is 6. The number of hydrogen-bond acceptors (Lipinski definition) is 6. The topological polar surface area (TPSA) is 66.8 Å². The third kappa shape index (κ3) is 2.98. The van der Waals surface area contributed by atoms with Crippen LogP contribution >= 0.6 is 11.3 Å². The van der Waals surface area contributed by atoms with Crippen molar-refractivity contribution in [3.63, 3.8) is 0 Å². The fourth-order valence-electron chi connectivity index (χ4n) is 2.71. The van der Waals surface area contributed by atoms with E-state index in [1.807, 2.05) is 26.0 Å². The van der Waals surface area contributed by atoms with Gasteiger partial charge >= 0.3 is 0 Å². The second kappa shape index (κ2) is 6.33. The molecule has 0 aliphatic rings. The first-order chi connectivity index (χ1) is 11.0. The number of nitrogens with zero attached hydrogens (tertiary/aromatic N) is 4. The normalized spacial score (nSPS) is 13.3. The highest BCUT2D eigenvalue weighted by atomic mass is 32.1. The number of fused-ring (bicyclic) bond motifs is 1. The van der Waals surface area contributed by atoms with Gasteiger partial charge in [0, 0.05) is 0 Å². The van der Waals surface area contributed by atoms with Crippen molar-refractivity contribution in [2.45, 2.75) is 39.7 Å². The van der Waals surface area contributed by atoms with Gasteiger partial charge < -0.3 is 9.52 Å². The maximum atomic E-state index is 10.6. The Morgan fingerprint density at radius 1 is 1.39 bits per heavy atom. The summed E-state index contributed by atoms with van der Waals surface area (Å²) in [4.78, 5) is 8.08. The Bertz CT molecular complexity index is 804. The number of unbranched alkanes of at least 4 members (excludes halogenated alkanes) is 1. The summed E-state index contributed by atoms with van der Waals surface area (Å²) in [5.41, 5.74) is 0. The van der Waals surface area contributed by atoms with Gasteiger partial charge in [-0.2, -0.15) is 4.52 Å². The van der Waals surface area contributed by atoms with Crippen LogP contribution in [0.2, 0.25) is 0 Å². The summed E-state index contributed by atoms with van der Waals surface area (Å²) < 4.78 is 7.36. The molecule has 23 heavy (non-hydrogen) atoms. The van der Waals surface area contributed by atoms with Crippen molar-refractivity contribution in [2.75, 3.05) is 13.6 Å². The van der Waals surface area contributed by atoms with E-state index in [0.717, 1.165) is 35.8 Å². The molecule has 1 N–H and O–H groups in total. The summed E-state index contributed by atoms with van der Waals surface area (Å²) in [5.74, 6) is 2.50. The zero-order chi connectivity index (χ0) is 16.6. The average Bonchev–Trinajstić information content (AvgIpc) is 3.16. The minimum atomic E-state index is -0.135. The first-order valence-corrected chi connectivity index (χ1v) is 8.64. The average molecular weight is 334 g/mol. The van der Waals surface area contributed by atoms with E-state index in [2.05, 4.69) is 29.0 Å². The molecule has 124 valence electrons. The highest BCUT2D eigenvalue weighted by Gasteiger charge is 2.29. The van der Waals surface area contributed by atoms with Gasteiger partial charge in [-0.25, -0.2) is 4.98 Å². The monoisotopic (exact) mass is 334 g/mol. The fourth-order valence-corrected chi connectivity index (χ4v) is 3.88. The van der Waals surface area contributed by atoms with E-state index in [1.165, 1.54) is 15.9 Å². The molecule has 3 heterocycles. The minimum absolute atomic E-state index is 0.135. The molecule has 6 nitrogen and oxygen atoms in total. The predicted molar refractivity (Wildman–Crippen MR) is 90.1 cm³/mol. The summed E-state index contributed by atoms with van der Waals surface area (Å²) >= 11 is 1.46. The molecule has 3 aromatic rings. The van der Waals surface area contributed by atoms with Crippen molar-refractivity contribution in [3.8, 4) is 5.88 Å². The minimum Gasteiger partial charge on any atom is -0.492 e. The molecule has 1 unspecified atom stereocenters. The Labute approximate surface area is 139 Å². The van der Waals surface area contributed by atoms with E-state index in [0.29, 0.717) is 10.8 Å². The van der Waals surface area contributed by atoms with Crippen molar-refractivity contribution >= 4 is 16.3 Å². The third-order valence-electron chi connectivity index (χ3n) is 3.89. The van der Waals surface area contributed by atoms with Gasteiger partial charge in [0.15, 0.2) is 0 Å². The fraction of sp³-hybridized carbons (Fsp3) is 0.500. The number of furan rings is 1. The molecular formula is C16H22N4O2S. The van der Waals surface area contributed by atoms with Crippen molar-refractivity contribution in [2.24, 2.45) is 0 Å². The van der Waals surface area contributed by atoms with E-state index < -0.39 is 0 Å². The van der Waals surface area contributed by atoms with Crippen molar-refractivity contribution in [3.05, 3.63) is 34.4 Å². The van der Waals surface area contributed by atoms with Gasteiger partial charge in [-0.1, -0.05) is 24.7 Å². The molecule has 0 amide bonds. The van der Waals surface area contributed by atoms with E-state index >= 15 is 0 Å². The Balaban J connectivity index is 2.05. The summed E-state index contributed by atoms with van der Waals surface area (Å²) in [7, 11) is 2.05. The molecule has 7 heteroatoms. The summed E-state index contributed by atoms with van der Waals surface area (Å²) in [6.45, 7) is 6.84. The van der Waals surface area contributed by atoms with Crippen LogP contribution in [-0.4, -0.2) is 38.2 Å². The molecule has 0 aliphatic heterocycles. The van der Waals surface area contributed by atoms with E-state index in [-0.39, 0.29) is 11.9 Å². The third-order valence-corrected chi connectivity index (χ3v) is 4.96. The molecular weight excluding hydrogens is 312 g/mol. The van der Waals surface area contributed by atoms with Gasteiger partial charge in [-0.3, -0.25) is 4.90 Å². The number of hydrogen-bond donors (Lipinski definition) is 1. The molecule has 3 rings (SSSR count). The van der Waals surface area contributed by atoms with Crippen LogP contribution in [0, 0.1) is 13.8 Å². The Morgan fingerprint density at radius 2 is 2.17 bits per heavy atom. The first kappa shape index (κ1) is 16.0.